The van der Waals surface area contributed by atoms with Crippen molar-refractivity contribution in [2.24, 2.45) is 0 Å². The highest BCUT2D eigenvalue weighted by Gasteiger charge is 2.34. The standard InChI is InChI=1S/C15H20N4O3S2/c20-15(13-11-14-12(16-13)3-10-23-14)17-6-8-19(9-7-17)24(21,22)18-4-1-2-5-18/h3,10-11,16H,1-2,4-9H2. The highest BCUT2D eigenvalue weighted by molar-refractivity contribution is 7.86. The summed E-state index contributed by atoms with van der Waals surface area (Å²) in [5.74, 6) is -0.0587. The number of nitrogens with zero attached hydrogens (tertiary/aromatic N) is 3. The summed E-state index contributed by atoms with van der Waals surface area (Å²) in [6.45, 7) is 2.80. The topological polar surface area (TPSA) is 76.7 Å². The zero-order chi connectivity index (χ0) is 16.7. The normalized spacial score (nSPS) is 20.9. The molecule has 0 spiro atoms. The lowest BCUT2D eigenvalue weighted by Crippen LogP contribution is -2.53. The SMILES string of the molecule is O=C(c1cc2sccc2[nH]1)N1CCN(S(=O)(=O)N2CCCC2)CC1. The van der Waals surface area contributed by atoms with E-state index in [-0.39, 0.29) is 5.91 Å². The molecule has 0 unspecified atom stereocenters. The van der Waals surface area contributed by atoms with Gasteiger partial charge in [0.15, 0.2) is 0 Å². The average Bonchev–Trinajstić information content (AvgIpc) is 3.30. The van der Waals surface area contributed by atoms with Crippen molar-refractivity contribution in [2.45, 2.75) is 12.8 Å². The quantitative estimate of drug-likeness (QED) is 0.888. The van der Waals surface area contributed by atoms with Crippen LogP contribution >= 0.6 is 11.3 Å². The monoisotopic (exact) mass is 368 g/mol. The molecular formula is C15H20N4O3S2. The summed E-state index contributed by atoms with van der Waals surface area (Å²) in [4.78, 5) is 17.5. The van der Waals surface area contributed by atoms with Gasteiger partial charge in [-0.25, -0.2) is 0 Å². The molecule has 2 aromatic rings. The van der Waals surface area contributed by atoms with E-state index in [1.54, 1.807) is 20.5 Å². The summed E-state index contributed by atoms with van der Waals surface area (Å²) >= 11 is 1.60. The fourth-order valence-corrected chi connectivity index (χ4v) is 5.79. The van der Waals surface area contributed by atoms with Crippen molar-refractivity contribution < 1.29 is 13.2 Å². The Kier molecular flexibility index (Phi) is 4.11. The Bertz CT molecular complexity index is 815. The van der Waals surface area contributed by atoms with Crippen LogP contribution in [0.3, 0.4) is 0 Å². The molecule has 130 valence electrons. The maximum atomic E-state index is 12.6. The van der Waals surface area contributed by atoms with E-state index < -0.39 is 10.2 Å². The van der Waals surface area contributed by atoms with E-state index in [0.717, 1.165) is 23.1 Å². The number of piperazine rings is 1. The maximum Gasteiger partial charge on any atom is 0.282 e. The Morgan fingerprint density at radius 2 is 1.71 bits per heavy atom. The van der Waals surface area contributed by atoms with Crippen molar-refractivity contribution >= 4 is 37.7 Å². The Hall–Kier alpha value is -1.42. The second-order valence-electron chi connectivity index (χ2n) is 6.19. The molecule has 1 amide bonds. The highest BCUT2D eigenvalue weighted by Crippen LogP contribution is 2.23. The zero-order valence-electron chi connectivity index (χ0n) is 13.3. The van der Waals surface area contributed by atoms with E-state index >= 15 is 0 Å². The van der Waals surface area contributed by atoms with Crippen LogP contribution in [0.1, 0.15) is 23.3 Å². The van der Waals surface area contributed by atoms with Crippen molar-refractivity contribution in [3.8, 4) is 0 Å². The third-order valence-corrected chi connectivity index (χ3v) is 7.61. The lowest BCUT2D eigenvalue weighted by Gasteiger charge is -2.35. The Labute approximate surface area is 145 Å². The largest absolute Gasteiger partial charge is 0.350 e. The van der Waals surface area contributed by atoms with Crippen molar-refractivity contribution in [1.29, 1.82) is 0 Å². The number of carbonyl (C=O) groups is 1. The van der Waals surface area contributed by atoms with Crippen LogP contribution in [0.25, 0.3) is 10.2 Å². The summed E-state index contributed by atoms with van der Waals surface area (Å²) < 4.78 is 29.3. The molecule has 0 saturated carbocycles. The fourth-order valence-electron chi connectivity index (χ4n) is 3.34. The van der Waals surface area contributed by atoms with Gasteiger partial charge in [0.1, 0.15) is 5.69 Å². The van der Waals surface area contributed by atoms with E-state index in [1.807, 2.05) is 17.5 Å². The van der Waals surface area contributed by atoms with Gasteiger partial charge < -0.3 is 9.88 Å². The smallest absolute Gasteiger partial charge is 0.282 e. The van der Waals surface area contributed by atoms with Crippen LogP contribution in [-0.2, 0) is 10.2 Å². The average molecular weight is 368 g/mol. The molecule has 4 heterocycles. The number of H-pyrrole nitrogens is 1. The van der Waals surface area contributed by atoms with Crippen molar-refractivity contribution in [3.63, 3.8) is 0 Å². The summed E-state index contributed by atoms with van der Waals surface area (Å²) in [5, 5.41) is 1.98. The molecule has 2 aromatic heterocycles. The second-order valence-corrected chi connectivity index (χ2v) is 9.06. The van der Waals surface area contributed by atoms with Crippen LogP contribution in [0.4, 0.5) is 0 Å². The molecular weight excluding hydrogens is 348 g/mol. The van der Waals surface area contributed by atoms with Crippen LogP contribution in [0.2, 0.25) is 0 Å². The molecule has 0 radical (unpaired) electrons. The van der Waals surface area contributed by atoms with Crippen LogP contribution in [0.15, 0.2) is 17.5 Å². The summed E-state index contributed by atoms with van der Waals surface area (Å²) in [6.07, 6.45) is 1.86. The van der Waals surface area contributed by atoms with Gasteiger partial charge in [0.25, 0.3) is 16.1 Å². The van der Waals surface area contributed by atoms with Crippen molar-refractivity contribution in [1.82, 2.24) is 18.5 Å². The van der Waals surface area contributed by atoms with Gasteiger partial charge in [-0.1, -0.05) is 0 Å². The van der Waals surface area contributed by atoms with E-state index in [2.05, 4.69) is 4.98 Å². The second kappa shape index (κ2) is 6.14. The fraction of sp³-hybridized carbons (Fsp3) is 0.533. The first-order valence-electron chi connectivity index (χ1n) is 8.16. The molecule has 4 rings (SSSR count). The van der Waals surface area contributed by atoms with E-state index in [0.29, 0.717) is 45.0 Å². The van der Waals surface area contributed by atoms with Gasteiger partial charge in [0, 0.05) is 39.3 Å². The van der Waals surface area contributed by atoms with Gasteiger partial charge in [-0.15, -0.1) is 11.3 Å². The number of hydrogen-bond donors (Lipinski definition) is 1. The minimum absolute atomic E-state index is 0.0587. The van der Waals surface area contributed by atoms with Crippen LogP contribution < -0.4 is 0 Å². The van der Waals surface area contributed by atoms with Gasteiger partial charge in [0.2, 0.25) is 0 Å². The minimum Gasteiger partial charge on any atom is -0.350 e. The number of thiophene rings is 1. The van der Waals surface area contributed by atoms with Crippen LogP contribution in [-0.4, -0.2) is 72.1 Å². The first-order valence-corrected chi connectivity index (χ1v) is 10.4. The number of carbonyl (C=O) groups excluding carboxylic acids is 1. The predicted molar refractivity (Wildman–Crippen MR) is 93.4 cm³/mol. The van der Waals surface area contributed by atoms with Gasteiger partial charge >= 0.3 is 0 Å². The number of hydrogen-bond acceptors (Lipinski definition) is 4. The summed E-state index contributed by atoms with van der Waals surface area (Å²) in [6, 6.07) is 3.83. The number of fused-ring (bicyclic) bond motifs is 1. The zero-order valence-corrected chi connectivity index (χ0v) is 14.9. The number of aromatic amines is 1. The van der Waals surface area contributed by atoms with E-state index in [9.17, 15) is 13.2 Å². The molecule has 1 N–H and O–H groups in total. The third-order valence-electron chi connectivity index (χ3n) is 4.71. The predicted octanol–water partition coefficient (Wildman–Crippen LogP) is 1.33. The van der Waals surface area contributed by atoms with Crippen LogP contribution in [0, 0.1) is 0 Å². The molecule has 0 bridgehead atoms. The Morgan fingerprint density at radius 1 is 1.04 bits per heavy atom. The molecule has 2 fully saturated rings. The molecule has 24 heavy (non-hydrogen) atoms. The third kappa shape index (κ3) is 2.75. The van der Waals surface area contributed by atoms with Gasteiger partial charge in [-0.2, -0.15) is 17.0 Å². The van der Waals surface area contributed by atoms with Gasteiger partial charge in [0.05, 0.1) is 10.2 Å². The first-order chi connectivity index (χ1) is 11.6. The van der Waals surface area contributed by atoms with Gasteiger partial charge in [-0.05, 0) is 30.4 Å². The molecule has 2 aliphatic heterocycles. The summed E-state index contributed by atoms with van der Waals surface area (Å²) in [5.41, 5.74) is 1.55. The summed E-state index contributed by atoms with van der Waals surface area (Å²) in [7, 11) is -3.36. The van der Waals surface area contributed by atoms with E-state index in [4.69, 9.17) is 0 Å². The van der Waals surface area contributed by atoms with Gasteiger partial charge in [-0.3, -0.25) is 4.79 Å². The molecule has 2 saturated heterocycles. The molecule has 0 atom stereocenters. The number of amides is 1. The first kappa shape index (κ1) is 16.1. The molecule has 0 aliphatic carbocycles. The Balaban J connectivity index is 1.42. The number of aromatic nitrogens is 1. The number of rotatable bonds is 3. The molecule has 7 nitrogen and oxygen atoms in total. The number of nitrogens with one attached hydrogen (secondary N) is 1. The van der Waals surface area contributed by atoms with Crippen molar-refractivity contribution in [2.75, 3.05) is 39.3 Å². The van der Waals surface area contributed by atoms with Crippen molar-refractivity contribution in [3.05, 3.63) is 23.2 Å². The Morgan fingerprint density at radius 3 is 2.38 bits per heavy atom. The molecule has 0 aromatic carbocycles. The minimum atomic E-state index is -3.36. The van der Waals surface area contributed by atoms with Crippen LogP contribution in [0.5, 0.6) is 0 Å². The molecule has 2 aliphatic rings. The molecule has 9 heteroatoms. The lowest BCUT2D eigenvalue weighted by atomic mass is 10.3. The maximum absolute atomic E-state index is 12.6. The lowest BCUT2D eigenvalue weighted by molar-refractivity contribution is 0.0689. The highest BCUT2D eigenvalue weighted by atomic mass is 32.2. The van der Waals surface area contributed by atoms with E-state index in [1.165, 1.54) is 4.31 Å².